The normalized spacial score (nSPS) is 38.1. The maximum absolute atomic E-state index is 12.0. The predicted molar refractivity (Wildman–Crippen MR) is 99.5 cm³/mol. The Kier molecular flexibility index (Phi) is 3.68. The third-order valence-electron chi connectivity index (χ3n) is 7.70. The Morgan fingerprint density at radius 2 is 2.04 bits per heavy atom. The lowest BCUT2D eigenvalue weighted by Gasteiger charge is -2.64. The monoisotopic (exact) mass is 372 g/mol. The molecule has 5 rings (SSSR count). The zero-order valence-electron chi connectivity index (χ0n) is 15.5. The van der Waals surface area contributed by atoms with Gasteiger partial charge in [0.2, 0.25) is 0 Å². The Morgan fingerprint density at radius 3 is 2.74 bits per heavy atom. The van der Waals surface area contributed by atoms with Gasteiger partial charge in [-0.1, -0.05) is 6.07 Å². The van der Waals surface area contributed by atoms with E-state index in [-0.39, 0.29) is 17.4 Å². The molecule has 1 amide bonds. The van der Waals surface area contributed by atoms with Crippen LogP contribution in [0.15, 0.2) is 12.1 Å². The fraction of sp³-hybridized carbons (Fsp3) is 0.667. The van der Waals surface area contributed by atoms with Crippen molar-refractivity contribution in [3.8, 4) is 5.75 Å². The van der Waals surface area contributed by atoms with Crippen LogP contribution in [0.25, 0.3) is 0 Å². The molecule has 1 saturated heterocycles. The largest absolute Gasteiger partial charge is 0.507 e. The fourth-order valence-electron chi connectivity index (χ4n) is 6.24. The molecule has 0 spiro atoms. The van der Waals surface area contributed by atoms with Crippen LogP contribution in [0.1, 0.15) is 60.0 Å². The van der Waals surface area contributed by atoms with E-state index in [0.29, 0.717) is 37.7 Å². The van der Waals surface area contributed by atoms with E-state index in [1.807, 2.05) is 6.07 Å². The zero-order chi connectivity index (χ0) is 19.0. The molecule has 146 valence electrons. The number of primary amides is 1. The van der Waals surface area contributed by atoms with E-state index in [0.717, 1.165) is 24.6 Å². The van der Waals surface area contributed by atoms with Crippen LogP contribution in [0.3, 0.4) is 0 Å². The van der Waals surface area contributed by atoms with Gasteiger partial charge >= 0.3 is 0 Å². The van der Waals surface area contributed by atoms with Crippen LogP contribution in [0, 0.1) is 5.92 Å². The minimum atomic E-state index is -1.000. The van der Waals surface area contributed by atoms with Crippen molar-refractivity contribution < 1.29 is 20.1 Å². The number of aliphatic hydroxyl groups excluding tert-OH is 1. The van der Waals surface area contributed by atoms with Crippen LogP contribution in [0.2, 0.25) is 0 Å². The van der Waals surface area contributed by atoms with Crippen molar-refractivity contribution in [2.75, 3.05) is 13.1 Å². The molecule has 1 aromatic carbocycles. The molecule has 4 atom stereocenters. The summed E-state index contributed by atoms with van der Waals surface area (Å²) < 4.78 is 0. The highest BCUT2D eigenvalue weighted by atomic mass is 16.3. The van der Waals surface area contributed by atoms with E-state index in [4.69, 9.17) is 5.73 Å². The summed E-state index contributed by atoms with van der Waals surface area (Å²) in [5.41, 5.74) is 5.47. The third-order valence-corrected chi connectivity index (χ3v) is 7.70. The van der Waals surface area contributed by atoms with Crippen molar-refractivity contribution in [3.05, 3.63) is 28.8 Å². The molecule has 3 fully saturated rings. The lowest BCUT2D eigenvalue weighted by molar-refractivity contribution is -0.182. The molecule has 5 N–H and O–H groups in total. The molecule has 0 aromatic heterocycles. The molecular formula is C21H28N2O4. The number of nitrogens with zero attached hydrogens (tertiary/aromatic N) is 1. The number of likely N-dealkylation sites (tertiary alicyclic amines) is 1. The first-order valence-corrected chi connectivity index (χ1v) is 10.2. The first kappa shape index (κ1) is 17.5. The van der Waals surface area contributed by atoms with Crippen molar-refractivity contribution in [3.63, 3.8) is 0 Å². The first-order chi connectivity index (χ1) is 12.9. The fourth-order valence-corrected chi connectivity index (χ4v) is 6.24. The van der Waals surface area contributed by atoms with Gasteiger partial charge in [0.15, 0.2) is 0 Å². The molecule has 0 unspecified atom stereocenters. The Bertz CT molecular complexity index is 808. The van der Waals surface area contributed by atoms with Gasteiger partial charge < -0.3 is 21.1 Å². The number of rotatable bonds is 3. The summed E-state index contributed by atoms with van der Waals surface area (Å²) in [7, 11) is 0. The van der Waals surface area contributed by atoms with Crippen molar-refractivity contribution in [1.82, 2.24) is 4.90 Å². The SMILES string of the molecule is NC(=O)c1ccc2c(c1O)[C@]13CCN(CC4CC4)[C@H](C2)[C@]1(O)CC[C@@H](O)C3. The van der Waals surface area contributed by atoms with E-state index >= 15 is 0 Å². The lowest BCUT2D eigenvalue weighted by atomic mass is 9.49. The van der Waals surface area contributed by atoms with Crippen molar-refractivity contribution in [1.29, 1.82) is 0 Å². The number of carbonyl (C=O) groups excluding carboxylic acids is 1. The molecule has 1 aromatic rings. The molecule has 2 saturated carbocycles. The van der Waals surface area contributed by atoms with E-state index in [1.54, 1.807) is 6.07 Å². The predicted octanol–water partition coefficient (Wildman–Crippen LogP) is 1.05. The van der Waals surface area contributed by atoms with Crippen LogP contribution in [-0.4, -0.2) is 57.0 Å². The topological polar surface area (TPSA) is 107 Å². The number of piperidine rings is 1. The maximum atomic E-state index is 12.0. The average molecular weight is 372 g/mol. The van der Waals surface area contributed by atoms with Crippen LogP contribution in [0.4, 0.5) is 0 Å². The number of phenols is 1. The molecule has 6 heteroatoms. The highest BCUT2D eigenvalue weighted by Crippen LogP contribution is 2.60. The summed E-state index contributed by atoms with van der Waals surface area (Å²) in [5, 5.41) is 33.5. The van der Waals surface area contributed by atoms with Gasteiger partial charge in [-0.2, -0.15) is 0 Å². The summed E-state index contributed by atoms with van der Waals surface area (Å²) >= 11 is 0. The van der Waals surface area contributed by atoms with Gasteiger partial charge in [0.25, 0.3) is 5.91 Å². The van der Waals surface area contributed by atoms with Crippen molar-refractivity contribution >= 4 is 5.91 Å². The summed E-state index contributed by atoms with van der Waals surface area (Å²) in [5.74, 6) is -0.0242. The van der Waals surface area contributed by atoms with Crippen molar-refractivity contribution in [2.24, 2.45) is 11.7 Å². The third kappa shape index (κ3) is 2.33. The van der Waals surface area contributed by atoms with Crippen LogP contribution in [-0.2, 0) is 11.8 Å². The van der Waals surface area contributed by atoms with Gasteiger partial charge in [0.1, 0.15) is 5.75 Å². The number of nitrogens with two attached hydrogens (primary N) is 1. The number of fused-ring (bicyclic) bond motifs is 1. The number of aromatic hydroxyl groups is 1. The molecular weight excluding hydrogens is 344 g/mol. The number of carbonyl (C=O) groups is 1. The molecule has 1 heterocycles. The zero-order valence-corrected chi connectivity index (χ0v) is 15.5. The average Bonchev–Trinajstić information content (AvgIpc) is 3.42. The second kappa shape index (κ2) is 5.69. The maximum Gasteiger partial charge on any atom is 0.252 e. The molecule has 1 aliphatic heterocycles. The van der Waals surface area contributed by atoms with Gasteiger partial charge in [-0.05, 0) is 69.0 Å². The van der Waals surface area contributed by atoms with E-state index in [9.17, 15) is 20.1 Å². The summed E-state index contributed by atoms with van der Waals surface area (Å²) in [6, 6.07) is 3.47. The van der Waals surface area contributed by atoms with E-state index < -0.39 is 23.0 Å². The Balaban J connectivity index is 1.68. The first-order valence-electron chi connectivity index (χ1n) is 10.2. The highest BCUT2D eigenvalue weighted by molar-refractivity contribution is 5.96. The summed E-state index contributed by atoms with van der Waals surface area (Å²) in [4.78, 5) is 14.2. The van der Waals surface area contributed by atoms with E-state index in [2.05, 4.69) is 4.90 Å². The van der Waals surface area contributed by atoms with Gasteiger partial charge in [0.05, 0.1) is 17.3 Å². The number of benzene rings is 1. The van der Waals surface area contributed by atoms with Gasteiger partial charge in [-0.3, -0.25) is 9.69 Å². The minimum absolute atomic E-state index is 0.00863. The van der Waals surface area contributed by atoms with Gasteiger partial charge in [0, 0.05) is 23.6 Å². The number of amides is 1. The summed E-state index contributed by atoms with van der Waals surface area (Å²) in [6.07, 6.45) is 4.85. The van der Waals surface area contributed by atoms with E-state index in [1.165, 1.54) is 12.8 Å². The van der Waals surface area contributed by atoms with Crippen molar-refractivity contribution in [2.45, 2.75) is 68.1 Å². The second-order valence-corrected chi connectivity index (χ2v) is 9.17. The van der Waals surface area contributed by atoms with Crippen LogP contribution in [0.5, 0.6) is 5.75 Å². The molecule has 3 aliphatic carbocycles. The van der Waals surface area contributed by atoms with Crippen LogP contribution < -0.4 is 5.73 Å². The van der Waals surface area contributed by atoms with Gasteiger partial charge in [-0.25, -0.2) is 0 Å². The standard InChI is InChI=1S/C21H28N2O4/c22-19(26)15-4-3-13-9-16-21(27)6-5-14(24)10-20(21,17(13)18(15)25)7-8-23(16)11-12-1-2-12/h3-4,12,14,16,24-25,27H,1-2,5-11H2,(H2,22,26)/t14-,16-,20-,21-/m1/s1. The number of hydrogen-bond donors (Lipinski definition) is 4. The lowest BCUT2D eigenvalue weighted by Crippen LogP contribution is -2.73. The van der Waals surface area contributed by atoms with Crippen LogP contribution >= 0.6 is 0 Å². The molecule has 0 radical (unpaired) electrons. The van der Waals surface area contributed by atoms with Gasteiger partial charge in [-0.15, -0.1) is 0 Å². The molecule has 4 aliphatic rings. The Hall–Kier alpha value is -1.63. The molecule has 27 heavy (non-hydrogen) atoms. The quantitative estimate of drug-likeness (QED) is 0.634. The number of hydrogen-bond acceptors (Lipinski definition) is 5. The second-order valence-electron chi connectivity index (χ2n) is 9.17. The summed E-state index contributed by atoms with van der Waals surface area (Å²) in [6.45, 7) is 1.86. The minimum Gasteiger partial charge on any atom is -0.507 e. The highest BCUT2D eigenvalue weighted by Gasteiger charge is 2.65. The Morgan fingerprint density at radius 1 is 1.26 bits per heavy atom. The molecule has 2 bridgehead atoms. The number of aliphatic hydroxyl groups is 2. The smallest absolute Gasteiger partial charge is 0.252 e. The molecule has 6 nitrogen and oxygen atoms in total. The Labute approximate surface area is 159 Å².